The number of amides is 1. The number of rotatable bonds is 5. The molecule has 1 amide bonds. The van der Waals surface area contributed by atoms with Gasteiger partial charge in [0.05, 0.1) is 0 Å². The van der Waals surface area contributed by atoms with E-state index in [9.17, 15) is 26.4 Å². The molecule has 2 bridgehead atoms. The molecule has 2 aliphatic rings. The van der Waals surface area contributed by atoms with E-state index in [2.05, 4.69) is 4.18 Å². The number of benzene rings is 2. The van der Waals surface area contributed by atoms with Gasteiger partial charge in [0, 0.05) is 13.1 Å². The SMILES string of the molecule is O=C(OCc1ccccc1)N1CC2CCC(C1)C2c1cccc(OS(=O)(=O)C(F)(F)F)c1. The van der Waals surface area contributed by atoms with Gasteiger partial charge in [-0.2, -0.15) is 21.6 Å². The van der Waals surface area contributed by atoms with Crippen molar-refractivity contribution in [1.82, 2.24) is 4.90 Å². The lowest BCUT2D eigenvalue weighted by Gasteiger charge is -2.37. The van der Waals surface area contributed by atoms with Crippen LogP contribution in [0.4, 0.5) is 18.0 Å². The quantitative estimate of drug-likeness (QED) is 0.470. The molecule has 1 saturated heterocycles. The Hall–Kier alpha value is -2.75. The molecule has 0 N–H and O–H groups in total. The van der Waals surface area contributed by atoms with Gasteiger partial charge in [-0.15, -0.1) is 0 Å². The fourth-order valence-electron chi connectivity index (χ4n) is 4.67. The molecule has 2 aromatic carbocycles. The lowest BCUT2D eigenvalue weighted by atomic mass is 9.80. The number of fused-ring (bicyclic) bond motifs is 2. The van der Waals surface area contributed by atoms with E-state index in [1.165, 1.54) is 18.2 Å². The lowest BCUT2D eigenvalue weighted by Crippen LogP contribution is -2.44. The van der Waals surface area contributed by atoms with Crippen molar-refractivity contribution in [2.24, 2.45) is 11.8 Å². The van der Waals surface area contributed by atoms with Gasteiger partial charge in [-0.1, -0.05) is 42.5 Å². The number of piperidine rings is 1. The third kappa shape index (κ3) is 4.69. The van der Waals surface area contributed by atoms with E-state index in [1.807, 2.05) is 30.3 Å². The van der Waals surface area contributed by atoms with Crippen molar-refractivity contribution in [3.8, 4) is 5.75 Å². The molecule has 1 heterocycles. The maximum atomic E-state index is 12.6. The van der Waals surface area contributed by atoms with Crippen LogP contribution in [-0.4, -0.2) is 38.0 Å². The molecule has 1 saturated carbocycles. The molecule has 2 unspecified atom stereocenters. The van der Waals surface area contributed by atoms with Gasteiger partial charge < -0.3 is 13.8 Å². The summed E-state index contributed by atoms with van der Waals surface area (Å²) < 4.78 is 70.3. The average Bonchev–Trinajstić information content (AvgIpc) is 3.01. The van der Waals surface area contributed by atoms with Crippen LogP contribution in [0.2, 0.25) is 0 Å². The van der Waals surface area contributed by atoms with Crippen molar-refractivity contribution in [3.05, 3.63) is 65.7 Å². The van der Waals surface area contributed by atoms with Crippen molar-refractivity contribution in [1.29, 1.82) is 0 Å². The molecule has 0 spiro atoms. The lowest BCUT2D eigenvalue weighted by molar-refractivity contribution is -0.0500. The van der Waals surface area contributed by atoms with Crippen molar-refractivity contribution in [2.75, 3.05) is 13.1 Å². The second kappa shape index (κ2) is 8.65. The number of hydrogen-bond acceptors (Lipinski definition) is 5. The summed E-state index contributed by atoms with van der Waals surface area (Å²) in [4.78, 5) is 14.2. The van der Waals surface area contributed by atoms with Gasteiger partial charge in [0.15, 0.2) is 0 Å². The number of hydrogen-bond donors (Lipinski definition) is 0. The fourth-order valence-corrected chi connectivity index (χ4v) is 5.13. The van der Waals surface area contributed by atoms with E-state index in [-0.39, 0.29) is 30.1 Å². The predicted molar refractivity (Wildman–Crippen MR) is 109 cm³/mol. The number of ether oxygens (including phenoxy) is 1. The first-order valence-corrected chi connectivity index (χ1v) is 11.6. The summed E-state index contributed by atoms with van der Waals surface area (Å²) in [7, 11) is -5.73. The molecular formula is C22H22F3NO5S. The molecule has 32 heavy (non-hydrogen) atoms. The largest absolute Gasteiger partial charge is 0.534 e. The standard InChI is InChI=1S/C22H22F3NO5S/c23-22(24,25)32(28,29)31-19-8-4-7-16(11-19)20-17-9-10-18(20)13-26(12-17)21(27)30-14-15-5-2-1-3-6-15/h1-8,11,17-18,20H,9-10,12-14H2. The molecule has 0 radical (unpaired) electrons. The van der Waals surface area contributed by atoms with Gasteiger partial charge in [-0.05, 0) is 53.9 Å². The van der Waals surface area contributed by atoms with Crippen LogP contribution in [0.5, 0.6) is 5.75 Å². The number of carbonyl (C=O) groups excluding carboxylic acids is 1. The van der Waals surface area contributed by atoms with E-state index in [0.717, 1.165) is 18.4 Å². The first kappa shape index (κ1) is 22.4. The zero-order valence-corrected chi connectivity index (χ0v) is 17.8. The summed E-state index contributed by atoms with van der Waals surface area (Å²) in [6, 6.07) is 15.1. The molecular weight excluding hydrogens is 447 g/mol. The summed E-state index contributed by atoms with van der Waals surface area (Å²) in [5.74, 6) is -0.158. The van der Waals surface area contributed by atoms with Crippen LogP contribution in [0.3, 0.4) is 0 Å². The maximum absolute atomic E-state index is 12.6. The summed E-state index contributed by atoms with van der Waals surface area (Å²) in [5, 5.41) is 0. The Morgan fingerprint density at radius 1 is 1.00 bits per heavy atom. The fraction of sp³-hybridized carbons (Fsp3) is 0.409. The molecule has 2 fully saturated rings. The third-order valence-electron chi connectivity index (χ3n) is 6.03. The van der Waals surface area contributed by atoms with Crippen LogP contribution in [-0.2, 0) is 21.5 Å². The minimum Gasteiger partial charge on any atom is -0.445 e. The Labute approximate surface area is 184 Å². The maximum Gasteiger partial charge on any atom is 0.534 e. The highest BCUT2D eigenvalue weighted by Gasteiger charge is 2.49. The summed E-state index contributed by atoms with van der Waals surface area (Å²) in [6.45, 7) is 1.13. The Morgan fingerprint density at radius 2 is 1.66 bits per heavy atom. The smallest absolute Gasteiger partial charge is 0.445 e. The van der Waals surface area contributed by atoms with Gasteiger partial charge in [-0.3, -0.25) is 0 Å². The molecule has 1 aliphatic carbocycles. The molecule has 172 valence electrons. The van der Waals surface area contributed by atoms with Crippen LogP contribution in [0.25, 0.3) is 0 Å². The minimum absolute atomic E-state index is 0.00492. The monoisotopic (exact) mass is 469 g/mol. The molecule has 6 nitrogen and oxygen atoms in total. The molecule has 4 rings (SSSR count). The molecule has 10 heteroatoms. The zero-order valence-electron chi connectivity index (χ0n) is 17.0. The van der Waals surface area contributed by atoms with Crippen LogP contribution < -0.4 is 4.18 Å². The first-order valence-electron chi connectivity index (χ1n) is 10.2. The van der Waals surface area contributed by atoms with Crippen molar-refractivity contribution >= 4 is 16.2 Å². The molecule has 1 aliphatic heterocycles. The highest BCUT2D eigenvalue weighted by molar-refractivity contribution is 7.88. The topological polar surface area (TPSA) is 72.9 Å². The summed E-state index contributed by atoms with van der Waals surface area (Å²) >= 11 is 0. The van der Waals surface area contributed by atoms with E-state index in [0.29, 0.717) is 18.7 Å². The molecule has 2 atom stereocenters. The molecule has 2 aromatic rings. The van der Waals surface area contributed by atoms with Crippen LogP contribution in [0, 0.1) is 11.8 Å². The van der Waals surface area contributed by atoms with Crippen LogP contribution >= 0.6 is 0 Å². The predicted octanol–water partition coefficient (Wildman–Crippen LogP) is 4.68. The van der Waals surface area contributed by atoms with E-state index >= 15 is 0 Å². The van der Waals surface area contributed by atoms with Gasteiger partial charge in [0.25, 0.3) is 0 Å². The van der Waals surface area contributed by atoms with E-state index < -0.39 is 21.7 Å². The number of alkyl halides is 3. The van der Waals surface area contributed by atoms with Crippen molar-refractivity contribution in [3.63, 3.8) is 0 Å². The Morgan fingerprint density at radius 3 is 2.28 bits per heavy atom. The zero-order chi connectivity index (χ0) is 22.9. The number of carbonyl (C=O) groups is 1. The van der Waals surface area contributed by atoms with Gasteiger partial charge in [0.1, 0.15) is 12.4 Å². The minimum atomic E-state index is -5.73. The molecule has 0 aromatic heterocycles. The normalized spacial score (nSPS) is 23.1. The van der Waals surface area contributed by atoms with Crippen molar-refractivity contribution < 1.29 is 35.3 Å². The summed E-state index contributed by atoms with van der Waals surface area (Å²) in [5.41, 5.74) is -3.89. The Balaban J connectivity index is 1.42. The van der Waals surface area contributed by atoms with Crippen LogP contribution in [0.1, 0.15) is 29.9 Å². The van der Waals surface area contributed by atoms with Crippen LogP contribution in [0.15, 0.2) is 54.6 Å². The third-order valence-corrected chi connectivity index (χ3v) is 7.01. The van der Waals surface area contributed by atoms with Gasteiger partial charge >= 0.3 is 21.7 Å². The second-order valence-corrected chi connectivity index (χ2v) is 9.66. The van der Waals surface area contributed by atoms with Gasteiger partial charge in [-0.25, -0.2) is 4.79 Å². The van der Waals surface area contributed by atoms with Gasteiger partial charge in [0.2, 0.25) is 0 Å². The van der Waals surface area contributed by atoms with E-state index in [4.69, 9.17) is 4.74 Å². The second-order valence-electron chi connectivity index (χ2n) is 8.12. The average molecular weight is 469 g/mol. The highest BCUT2D eigenvalue weighted by Crippen LogP contribution is 2.48. The Kier molecular flexibility index (Phi) is 6.07. The summed E-state index contributed by atoms with van der Waals surface area (Å²) in [6.07, 6.45) is 1.34. The Bertz CT molecular complexity index is 1060. The van der Waals surface area contributed by atoms with Crippen molar-refractivity contribution in [2.45, 2.75) is 30.9 Å². The number of likely N-dealkylation sites (tertiary alicyclic amines) is 1. The number of nitrogens with zero attached hydrogens (tertiary/aromatic N) is 1. The highest BCUT2D eigenvalue weighted by atomic mass is 32.2. The van der Waals surface area contributed by atoms with E-state index in [1.54, 1.807) is 11.0 Å². The first-order chi connectivity index (χ1) is 15.1. The number of halogens is 3.